The van der Waals surface area contributed by atoms with Crippen LogP contribution in [0.4, 0.5) is 5.69 Å². The van der Waals surface area contributed by atoms with Crippen molar-refractivity contribution < 1.29 is 18.3 Å². The van der Waals surface area contributed by atoms with Crippen molar-refractivity contribution in [1.82, 2.24) is 9.62 Å². The number of carbonyl (C=O) groups excluding carboxylic acids is 1. The van der Waals surface area contributed by atoms with Gasteiger partial charge in [0.1, 0.15) is 4.90 Å². The molecule has 1 aliphatic heterocycles. The average Bonchev–Trinajstić information content (AvgIpc) is 3.36. The van der Waals surface area contributed by atoms with Crippen LogP contribution in [-0.4, -0.2) is 56.0 Å². The number of β-amino-alcohol motifs (C(OH)–C–C–N with tert-alkyl or cyclic N) is 1. The molecule has 166 valence electrons. The zero-order chi connectivity index (χ0) is 21.9. The van der Waals surface area contributed by atoms with Crippen molar-refractivity contribution in [2.75, 3.05) is 25.5 Å². The first-order valence-corrected chi connectivity index (χ1v) is 12.2. The molecule has 1 heterocycles. The molecule has 3 aliphatic rings. The Morgan fingerprint density at radius 1 is 1.23 bits per heavy atom. The molecule has 0 radical (unpaired) electrons. The van der Waals surface area contributed by atoms with Crippen molar-refractivity contribution in [2.45, 2.75) is 63.5 Å². The zero-order valence-electron chi connectivity index (χ0n) is 18.2. The Balaban J connectivity index is 1.63. The van der Waals surface area contributed by atoms with Crippen LogP contribution in [0.25, 0.3) is 0 Å². The molecule has 2 aliphatic carbocycles. The van der Waals surface area contributed by atoms with Crippen molar-refractivity contribution in [3.8, 4) is 0 Å². The molecule has 1 aromatic carbocycles. The molecule has 0 aromatic heterocycles. The number of carbonyl (C=O) groups is 1. The lowest BCUT2D eigenvalue weighted by atomic mass is 9.68. The summed E-state index contributed by atoms with van der Waals surface area (Å²) in [7, 11) is -2.15. The predicted molar refractivity (Wildman–Crippen MR) is 116 cm³/mol. The number of hydrogen-bond acceptors (Lipinski definition) is 5. The Morgan fingerprint density at radius 2 is 1.97 bits per heavy atom. The standard InChI is InChI=1S/C22H33N3O4S/c1-21(2)15-7-9-22(3,12-15)20(21)24-19(27)14-5-6-17(23-4)18(11-14)30(28,29)25-10-8-16(26)13-25/h5-6,11,15-16,20,23,26H,7-10,12-13H2,1-4H3,(H,24,27)/t15-,16+,20-,22-/m1/s1. The van der Waals surface area contributed by atoms with Crippen LogP contribution in [0, 0.1) is 16.7 Å². The van der Waals surface area contributed by atoms with E-state index in [2.05, 4.69) is 31.4 Å². The lowest BCUT2D eigenvalue weighted by molar-refractivity contribution is 0.0737. The van der Waals surface area contributed by atoms with Gasteiger partial charge in [-0.1, -0.05) is 20.8 Å². The highest BCUT2D eigenvalue weighted by molar-refractivity contribution is 7.89. The number of anilines is 1. The molecule has 1 saturated heterocycles. The highest BCUT2D eigenvalue weighted by Crippen LogP contribution is 2.62. The molecule has 3 fully saturated rings. The summed E-state index contributed by atoms with van der Waals surface area (Å²) in [5.74, 6) is 0.374. The van der Waals surface area contributed by atoms with E-state index in [1.165, 1.54) is 16.8 Å². The molecule has 2 saturated carbocycles. The van der Waals surface area contributed by atoms with Crippen LogP contribution < -0.4 is 10.6 Å². The number of sulfonamides is 1. The molecule has 8 heteroatoms. The Labute approximate surface area is 179 Å². The van der Waals surface area contributed by atoms with Gasteiger partial charge in [-0.2, -0.15) is 4.31 Å². The van der Waals surface area contributed by atoms with E-state index in [0.29, 0.717) is 23.6 Å². The molecule has 30 heavy (non-hydrogen) atoms. The lowest BCUT2D eigenvalue weighted by Crippen LogP contribution is -2.52. The first kappa shape index (κ1) is 21.6. The normalized spacial score (nSPS) is 33.0. The van der Waals surface area contributed by atoms with Crippen molar-refractivity contribution in [1.29, 1.82) is 0 Å². The summed E-state index contributed by atoms with van der Waals surface area (Å²) in [5.41, 5.74) is 0.901. The minimum absolute atomic E-state index is 0.0220. The van der Waals surface area contributed by atoms with Gasteiger partial charge >= 0.3 is 0 Å². The van der Waals surface area contributed by atoms with Crippen LogP contribution in [0.1, 0.15) is 56.8 Å². The quantitative estimate of drug-likeness (QED) is 0.660. The van der Waals surface area contributed by atoms with Crippen molar-refractivity contribution in [3.63, 3.8) is 0 Å². The molecular formula is C22H33N3O4S. The maximum absolute atomic E-state index is 13.2. The van der Waals surface area contributed by atoms with Crippen molar-refractivity contribution in [3.05, 3.63) is 23.8 Å². The van der Waals surface area contributed by atoms with E-state index >= 15 is 0 Å². The summed E-state index contributed by atoms with van der Waals surface area (Å²) in [6.07, 6.45) is 3.22. The first-order valence-electron chi connectivity index (χ1n) is 10.8. The van der Waals surface area contributed by atoms with Gasteiger partial charge in [-0.05, 0) is 60.6 Å². The number of hydrogen-bond donors (Lipinski definition) is 3. The van der Waals surface area contributed by atoms with Crippen LogP contribution in [0.3, 0.4) is 0 Å². The van der Waals surface area contributed by atoms with Crippen LogP contribution in [0.15, 0.2) is 23.1 Å². The fourth-order valence-electron chi connectivity index (χ4n) is 6.03. The van der Waals surface area contributed by atoms with Crippen molar-refractivity contribution in [2.24, 2.45) is 16.7 Å². The third kappa shape index (κ3) is 3.33. The highest BCUT2D eigenvalue weighted by atomic mass is 32.2. The maximum atomic E-state index is 13.2. The zero-order valence-corrected chi connectivity index (χ0v) is 19.1. The molecule has 4 atom stereocenters. The molecule has 2 bridgehead atoms. The van der Waals surface area contributed by atoms with E-state index in [0.717, 1.165) is 12.8 Å². The average molecular weight is 436 g/mol. The van der Waals surface area contributed by atoms with Gasteiger partial charge in [-0.15, -0.1) is 0 Å². The van der Waals surface area contributed by atoms with Crippen molar-refractivity contribution >= 4 is 21.6 Å². The second-order valence-electron chi connectivity index (χ2n) is 10.1. The van der Waals surface area contributed by atoms with E-state index in [9.17, 15) is 18.3 Å². The molecule has 0 unspecified atom stereocenters. The summed E-state index contributed by atoms with van der Waals surface area (Å²) in [5, 5.41) is 15.9. The first-order chi connectivity index (χ1) is 14.0. The number of nitrogens with zero attached hydrogens (tertiary/aromatic N) is 1. The number of amides is 1. The third-order valence-corrected chi connectivity index (χ3v) is 9.71. The number of nitrogens with one attached hydrogen (secondary N) is 2. The van der Waals surface area contributed by atoms with E-state index in [1.807, 2.05) is 0 Å². The monoisotopic (exact) mass is 435 g/mol. The molecule has 0 spiro atoms. The van der Waals surface area contributed by atoms with Gasteiger partial charge in [-0.25, -0.2) is 8.42 Å². The molecule has 1 aromatic rings. The number of aliphatic hydroxyl groups excluding tert-OH is 1. The Kier molecular flexibility index (Phi) is 5.19. The van der Waals surface area contributed by atoms with Gasteiger partial charge < -0.3 is 15.7 Å². The number of fused-ring (bicyclic) bond motifs is 2. The maximum Gasteiger partial charge on any atom is 0.251 e. The Morgan fingerprint density at radius 3 is 2.53 bits per heavy atom. The smallest absolute Gasteiger partial charge is 0.251 e. The predicted octanol–water partition coefficient (Wildman–Crippen LogP) is 2.43. The number of benzene rings is 1. The molecule has 7 nitrogen and oxygen atoms in total. The second kappa shape index (κ2) is 7.21. The van der Waals surface area contributed by atoms with E-state index < -0.39 is 16.1 Å². The fourth-order valence-corrected chi connectivity index (χ4v) is 7.74. The SMILES string of the molecule is CNc1ccc(C(=O)N[C@@H]2C(C)(C)[C@@H]3CC[C@]2(C)C3)cc1S(=O)(=O)N1CC[C@H](O)C1. The highest BCUT2D eigenvalue weighted by Gasteiger charge is 2.59. The van der Waals surface area contributed by atoms with E-state index in [4.69, 9.17) is 0 Å². The van der Waals surface area contributed by atoms with Gasteiger partial charge in [-0.3, -0.25) is 4.79 Å². The minimum atomic E-state index is -3.81. The molecule has 3 N–H and O–H groups in total. The summed E-state index contributed by atoms with van der Waals surface area (Å²) < 4.78 is 27.6. The largest absolute Gasteiger partial charge is 0.392 e. The van der Waals surface area contributed by atoms with Gasteiger partial charge in [0.15, 0.2) is 0 Å². The fraction of sp³-hybridized carbons (Fsp3) is 0.682. The van der Waals surface area contributed by atoms with Gasteiger partial charge in [0.05, 0.1) is 11.8 Å². The molecule has 1 amide bonds. The Bertz CT molecular complexity index is 956. The van der Waals surface area contributed by atoms with Gasteiger partial charge in [0, 0.05) is 31.7 Å². The van der Waals surface area contributed by atoms with Gasteiger partial charge in [0.25, 0.3) is 5.91 Å². The van der Waals surface area contributed by atoms with E-state index in [-0.39, 0.29) is 40.8 Å². The minimum Gasteiger partial charge on any atom is -0.392 e. The van der Waals surface area contributed by atoms with Crippen LogP contribution in [0.5, 0.6) is 0 Å². The summed E-state index contributed by atoms with van der Waals surface area (Å²) >= 11 is 0. The number of aliphatic hydroxyl groups is 1. The summed E-state index contributed by atoms with van der Waals surface area (Å²) in [6, 6.07) is 4.83. The van der Waals surface area contributed by atoms with E-state index in [1.54, 1.807) is 19.2 Å². The van der Waals surface area contributed by atoms with Gasteiger partial charge in [0.2, 0.25) is 10.0 Å². The topological polar surface area (TPSA) is 98.7 Å². The van der Waals surface area contributed by atoms with Crippen LogP contribution in [-0.2, 0) is 10.0 Å². The Hall–Kier alpha value is -1.64. The molecule has 4 rings (SSSR count). The second-order valence-corrected chi connectivity index (χ2v) is 12.0. The molecular weight excluding hydrogens is 402 g/mol. The third-order valence-electron chi connectivity index (χ3n) is 7.80. The summed E-state index contributed by atoms with van der Waals surface area (Å²) in [4.78, 5) is 13.3. The van der Waals surface area contributed by atoms with Crippen LogP contribution in [0.2, 0.25) is 0 Å². The lowest BCUT2D eigenvalue weighted by Gasteiger charge is -2.43. The van der Waals surface area contributed by atoms with Crippen LogP contribution >= 0.6 is 0 Å². The number of rotatable bonds is 5. The summed E-state index contributed by atoms with van der Waals surface area (Å²) in [6.45, 7) is 7.07.